The number of rotatable bonds is 9. The van der Waals surface area contributed by atoms with Crippen molar-refractivity contribution in [2.24, 2.45) is 0 Å². The van der Waals surface area contributed by atoms with Crippen LogP contribution in [0, 0.1) is 0 Å². The van der Waals surface area contributed by atoms with Crippen molar-refractivity contribution in [1.29, 1.82) is 0 Å². The molecule has 31 heavy (non-hydrogen) atoms. The van der Waals surface area contributed by atoms with Gasteiger partial charge in [-0.15, -0.1) is 10.2 Å². The van der Waals surface area contributed by atoms with Crippen LogP contribution in [0.25, 0.3) is 16.7 Å². The Morgan fingerprint density at radius 2 is 1.87 bits per heavy atom. The molecule has 7 nitrogen and oxygen atoms in total. The minimum absolute atomic E-state index is 0.0248. The Morgan fingerprint density at radius 1 is 1.10 bits per heavy atom. The van der Waals surface area contributed by atoms with Gasteiger partial charge in [0.2, 0.25) is 5.78 Å². The molecule has 160 valence electrons. The third kappa shape index (κ3) is 4.20. The first-order valence-electron chi connectivity index (χ1n) is 10.3. The second kappa shape index (κ2) is 9.34. The minimum Gasteiger partial charge on any atom is -0.492 e. The van der Waals surface area contributed by atoms with Gasteiger partial charge in [-0.2, -0.15) is 0 Å². The van der Waals surface area contributed by atoms with E-state index < -0.39 is 0 Å². The number of thioether (sulfide) groups is 1. The number of ketones is 1. The molecular weight excluding hydrogens is 412 g/mol. The van der Waals surface area contributed by atoms with Gasteiger partial charge < -0.3 is 4.74 Å². The number of hydrogen-bond donors (Lipinski definition) is 0. The molecular formula is C23H24N4O3S. The van der Waals surface area contributed by atoms with Crippen LogP contribution in [-0.4, -0.2) is 37.3 Å². The molecule has 2 heterocycles. The van der Waals surface area contributed by atoms with Crippen molar-refractivity contribution < 1.29 is 9.53 Å². The summed E-state index contributed by atoms with van der Waals surface area (Å²) in [6, 6.07) is 14.8. The van der Waals surface area contributed by atoms with E-state index in [1.807, 2.05) is 40.8 Å². The predicted octanol–water partition coefficient (Wildman–Crippen LogP) is 4.22. The quantitative estimate of drug-likeness (QED) is 0.222. The molecule has 4 aromatic rings. The summed E-state index contributed by atoms with van der Waals surface area (Å²) in [5.74, 6) is 1.74. The van der Waals surface area contributed by atoms with Crippen LogP contribution in [0.3, 0.4) is 0 Å². The van der Waals surface area contributed by atoms with E-state index >= 15 is 0 Å². The van der Waals surface area contributed by atoms with E-state index in [2.05, 4.69) is 17.1 Å². The summed E-state index contributed by atoms with van der Waals surface area (Å²) in [6.07, 6.45) is 1.88. The summed E-state index contributed by atoms with van der Waals surface area (Å²) in [7, 11) is 0. The Hall–Kier alpha value is -3.13. The highest BCUT2D eigenvalue weighted by Gasteiger charge is 2.16. The largest absolute Gasteiger partial charge is 0.492 e. The van der Waals surface area contributed by atoms with Gasteiger partial charge in [0.25, 0.3) is 5.56 Å². The lowest BCUT2D eigenvalue weighted by atomic mass is 10.1. The Morgan fingerprint density at radius 3 is 2.68 bits per heavy atom. The lowest BCUT2D eigenvalue weighted by molar-refractivity contribution is 0.101. The topological polar surface area (TPSA) is 78.5 Å². The summed E-state index contributed by atoms with van der Waals surface area (Å²) >= 11 is 1.51. The zero-order valence-corrected chi connectivity index (χ0v) is 18.4. The van der Waals surface area contributed by atoms with Crippen LogP contribution in [-0.2, 0) is 6.54 Å². The SMILES string of the molecule is CCCCn1c(=O)c2ccccc2n2c(SCCOc3ccccc3C(C)=O)nnc12. The first-order valence-corrected chi connectivity index (χ1v) is 11.3. The molecule has 0 bridgehead atoms. The third-order valence-electron chi connectivity index (χ3n) is 5.05. The summed E-state index contributed by atoms with van der Waals surface area (Å²) in [5.41, 5.74) is 1.33. The summed E-state index contributed by atoms with van der Waals surface area (Å²) < 4.78 is 9.49. The number of carbonyl (C=O) groups excluding carboxylic acids is 1. The van der Waals surface area contributed by atoms with E-state index in [1.54, 1.807) is 16.7 Å². The molecule has 8 heteroatoms. The minimum atomic E-state index is -0.0373. The number of para-hydroxylation sites is 2. The van der Waals surface area contributed by atoms with Crippen molar-refractivity contribution in [3.8, 4) is 5.75 Å². The smallest absolute Gasteiger partial charge is 0.262 e. The van der Waals surface area contributed by atoms with E-state index in [0.29, 0.717) is 46.5 Å². The Labute approximate surface area is 184 Å². The number of Topliss-reactive ketones (excluding diaryl/α,β-unsaturated/α-hetero) is 1. The van der Waals surface area contributed by atoms with Crippen molar-refractivity contribution in [1.82, 2.24) is 19.2 Å². The number of fused-ring (bicyclic) bond motifs is 3. The van der Waals surface area contributed by atoms with E-state index in [9.17, 15) is 9.59 Å². The number of unbranched alkanes of at least 4 members (excludes halogenated alkanes) is 1. The number of aromatic nitrogens is 4. The molecule has 0 N–H and O–H groups in total. The maximum atomic E-state index is 13.0. The van der Waals surface area contributed by atoms with Crippen LogP contribution in [0.15, 0.2) is 58.5 Å². The molecule has 0 aliphatic rings. The predicted molar refractivity (Wildman–Crippen MR) is 122 cm³/mol. The lowest BCUT2D eigenvalue weighted by Gasteiger charge is -2.11. The monoisotopic (exact) mass is 436 g/mol. The van der Waals surface area contributed by atoms with Crippen molar-refractivity contribution in [2.45, 2.75) is 38.4 Å². The van der Waals surface area contributed by atoms with E-state index in [4.69, 9.17) is 4.74 Å². The molecule has 0 spiro atoms. The van der Waals surface area contributed by atoms with Crippen LogP contribution in [0.1, 0.15) is 37.0 Å². The van der Waals surface area contributed by atoms with Crippen molar-refractivity contribution >= 4 is 34.2 Å². The fourth-order valence-corrected chi connectivity index (χ4v) is 4.27. The standard InChI is InChI=1S/C23H24N4O3S/c1-3-4-13-26-21(29)18-10-5-7-11-19(18)27-22(26)24-25-23(27)31-15-14-30-20-12-8-6-9-17(20)16(2)28/h5-12H,3-4,13-15H2,1-2H3. The third-order valence-corrected chi connectivity index (χ3v) is 5.95. The lowest BCUT2D eigenvalue weighted by Crippen LogP contribution is -2.23. The second-order valence-corrected chi connectivity index (χ2v) is 8.26. The van der Waals surface area contributed by atoms with Crippen LogP contribution >= 0.6 is 11.8 Å². The molecule has 0 aliphatic carbocycles. The number of nitrogens with zero attached hydrogens (tertiary/aromatic N) is 4. The van der Waals surface area contributed by atoms with Gasteiger partial charge in [-0.1, -0.05) is 49.4 Å². The fraction of sp³-hybridized carbons (Fsp3) is 0.304. The van der Waals surface area contributed by atoms with E-state index in [1.165, 1.54) is 18.7 Å². The van der Waals surface area contributed by atoms with Gasteiger partial charge in [-0.3, -0.25) is 18.6 Å². The number of benzene rings is 2. The molecule has 0 unspecified atom stereocenters. The van der Waals surface area contributed by atoms with Gasteiger partial charge in [0.05, 0.1) is 23.1 Å². The molecule has 0 saturated heterocycles. The van der Waals surface area contributed by atoms with Gasteiger partial charge in [-0.05, 0) is 37.6 Å². The zero-order chi connectivity index (χ0) is 21.8. The zero-order valence-electron chi connectivity index (χ0n) is 17.6. The van der Waals surface area contributed by atoms with Crippen LogP contribution < -0.4 is 10.3 Å². The van der Waals surface area contributed by atoms with Crippen molar-refractivity contribution in [2.75, 3.05) is 12.4 Å². The molecule has 4 rings (SSSR count). The first-order chi connectivity index (χ1) is 15.1. The molecule has 0 amide bonds. The highest BCUT2D eigenvalue weighted by Crippen LogP contribution is 2.23. The van der Waals surface area contributed by atoms with E-state index in [0.717, 1.165) is 18.4 Å². The fourth-order valence-electron chi connectivity index (χ4n) is 3.51. The van der Waals surface area contributed by atoms with Gasteiger partial charge in [0, 0.05) is 12.3 Å². The van der Waals surface area contributed by atoms with Gasteiger partial charge >= 0.3 is 0 Å². The molecule has 0 fully saturated rings. The van der Waals surface area contributed by atoms with Gasteiger partial charge in [0.1, 0.15) is 5.75 Å². The Kier molecular flexibility index (Phi) is 6.36. The average molecular weight is 437 g/mol. The molecule has 0 saturated carbocycles. The summed E-state index contributed by atoms with van der Waals surface area (Å²) in [5, 5.41) is 10.0. The number of ether oxygens (including phenoxy) is 1. The molecule has 0 radical (unpaired) electrons. The van der Waals surface area contributed by atoms with Crippen LogP contribution in [0.4, 0.5) is 0 Å². The van der Waals surface area contributed by atoms with Crippen LogP contribution in [0.2, 0.25) is 0 Å². The molecule has 0 atom stereocenters. The molecule has 2 aromatic carbocycles. The van der Waals surface area contributed by atoms with Crippen LogP contribution in [0.5, 0.6) is 5.75 Å². The Bertz CT molecular complexity index is 1300. The number of aryl methyl sites for hydroxylation is 1. The van der Waals surface area contributed by atoms with E-state index in [-0.39, 0.29) is 11.3 Å². The number of hydrogen-bond acceptors (Lipinski definition) is 6. The average Bonchev–Trinajstić information content (AvgIpc) is 3.21. The van der Waals surface area contributed by atoms with Crippen molar-refractivity contribution in [3.63, 3.8) is 0 Å². The summed E-state index contributed by atoms with van der Waals surface area (Å²) in [4.78, 5) is 24.7. The van der Waals surface area contributed by atoms with Crippen molar-refractivity contribution in [3.05, 3.63) is 64.4 Å². The molecule has 0 aliphatic heterocycles. The molecule has 2 aromatic heterocycles. The Balaban J connectivity index is 1.60. The maximum absolute atomic E-state index is 13.0. The normalized spacial score (nSPS) is 11.3. The van der Waals surface area contributed by atoms with Gasteiger partial charge in [-0.25, -0.2) is 0 Å². The highest BCUT2D eigenvalue weighted by atomic mass is 32.2. The second-order valence-electron chi connectivity index (χ2n) is 7.19. The first kappa shape index (κ1) is 21.1. The summed E-state index contributed by atoms with van der Waals surface area (Å²) in [6.45, 7) is 4.65. The number of carbonyl (C=O) groups is 1. The highest BCUT2D eigenvalue weighted by molar-refractivity contribution is 7.99. The van der Waals surface area contributed by atoms with Gasteiger partial charge in [0.15, 0.2) is 10.9 Å². The maximum Gasteiger partial charge on any atom is 0.262 e.